The number of carbonyl (C=O) groups excluding carboxylic acids is 1. The fourth-order valence-electron chi connectivity index (χ4n) is 2.16. The third kappa shape index (κ3) is 4.70. The lowest BCUT2D eigenvalue weighted by Gasteiger charge is -2.09. The van der Waals surface area contributed by atoms with Crippen molar-refractivity contribution in [2.24, 2.45) is 0 Å². The number of nitro benzene ring substituents is 1. The Morgan fingerprint density at radius 1 is 1.08 bits per heavy atom. The summed E-state index contributed by atoms with van der Waals surface area (Å²) in [5.41, 5.74) is 1.43. The van der Waals surface area contributed by atoms with E-state index in [-0.39, 0.29) is 18.0 Å². The first-order valence-corrected chi connectivity index (χ1v) is 7.28. The second-order valence-corrected chi connectivity index (χ2v) is 5.07. The molecule has 0 unspecified atom stereocenters. The number of hydrogen-bond donors (Lipinski definition) is 1. The maximum Gasteiger partial charge on any atom is 0.269 e. The monoisotopic (exact) mass is 330 g/mol. The van der Waals surface area contributed by atoms with Crippen LogP contribution in [0, 0.1) is 10.1 Å². The van der Waals surface area contributed by atoms with Crippen molar-refractivity contribution in [2.75, 3.05) is 19.5 Å². The zero-order valence-corrected chi connectivity index (χ0v) is 13.4. The summed E-state index contributed by atoms with van der Waals surface area (Å²) in [5, 5.41) is 13.3. The van der Waals surface area contributed by atoms with Crippen LogP contribution in [0.15, 0.2) is 42.5 Å². The second-order valence-electron chi connectivity index (χ2n) is 5.07. The SMILES string of the molecule is COc1cc(CCC(=O)Nc2ccc([N+](=O)[O-])cc2)cc(OC)c1. The molecule has 0 aliphatic heterocycles. The number of anilines is 1. The number of nitrogens with one attached hydrogen (secondary N) is 1. The van der Waals surface area contributed by atoms with Gasteiger partial charge in [0.15, 0.2) is 0 Å². The van der Waals surface area contributed by atoms with Crippen LogP contribution < -0.4 is 14.8 Å². The molecule has 1 amide bonds. The van der Waals surface area contributed by atoms with Crippen LogP contribution >= 0.6 is 0 Å². The number of nitro groups is 1. The van der Waals surface area contributed by atoms with Crippen LogP contribution in [0.4, 0.5) is 11.4 Å². The van der Waals surface area contributed by atoms with Gasteiger partial charge in [0, 0.05) is 30.3 Å². The number of benzene rings is 2. The number of aryl methyl sites for hydroxylation is 1. The Balaban J connectivity index is 1.94. The van der Waals surface area contributed by atoms with Crippen molar-refractivity contribution >= 4 is 17.3 Å². The molecule has 2 aromatic carbocycles. The summed E-state index contributed by atoms with van der Waals surface area (Å²) < 4.78 is 10.4. The molecule has 7 heteroatoms. The molecule has 0 aromatic heterocycles. The maximum absolute atomic E-state index is 12.0. The van der Waals surface area contributed by atoms with Crippen molar-refractivity contribution in [3.63, 3.8) is 0 Å². The second kappa shape index (κ2) is 7.96. The first-order chi connectivity index (χ1) is 11.5. The van der Waals surface area contributed by atoms with Gasteiger partial charge in [0.1, 0.15) is 11.5 Å². The molecule has 1 N–H and O–H groups in total. The van der Waals surface area contributed by atoms with Crippen LogP contribution in [-0.2, 0) is 11.2 Å². The molecule has 0 atom stereocenters. The minimum Gasteiger partial charge on any atom is -0.497 e. The van der Waals surface area contributed by atoms with Crippen molar-refractivity contribution in [3.05, 3.63) is 58.1 Å². The topological polar surface area (TPSA) is 90.7 Å². The van der Waals surface area contributed by atoms with Crippen LogP contribution in [0.5, 0.6) is 11.5 Å². The zero-order chi connectivity index (χ0) is 17.5. The average Bonchev–Trinajstić information content (AvgIpc) is 2.60. The largest absolute Gasteiger partial charge is 0.497 e. The van der Waals surface area contributed by atoms with Gasteiger partial charge < -0.3 is 14.8 Å². The summed E-state index contributed by atoms with van der Waals surface area (Å²) in [4.78, 5) is 22.1. The van der Waals surface area contributed by atoms with E-state index in [0.717, 1.165) is 5.56 Å². The number of methoxy groups -OCH3 is 2. The zero-order valence-electron chi connectivity index (χ0n) is 13.4. The summed E-state index contributed by atoms with van der Waals surface area (Å²) in [5.74, 6) is 1.16. The molecule has 24 heavy (non-hydrogen) atoms. The van der Waals surface area contributed by atoms with Gasteiger partial charge in [0.25, 0.3) is 5.69 Å². The van der Waals surface area contributed by atoms with Gasteiger partial charge in [-0.2, -0.15) is 0 Å². The van der Waals surface area contributed by atoms with Crippen LogP contribution in [0.2, 0.25) is 0 Å². The van der Waals surface area contributed by atoms with Crippen molar-refractivity contribution in [3.8, 4) is 11.5 Å². The summed E-state index contributed by atoms with van der Waals surface area (Å²) in [7, 11) is 3.14. The highest BCUT2D eigenvalue weighted by Gasteiger charge is 2.08. The average molecular weight is 330 g/mol. The van der Waals surface area contributed by atoms with E-state index < -0.39 is 4.92 Å². The summed E-state index contributed by atoms with van der Waals surface area (Å²) in [6, 6.07) is 11.2. The van der Waals surface area contributed by atoms with Crippen LogP contribution in [-0.4, -0.2) is 25.1 Å². The molecule has 0 spiro atoms. The number of carbonyl (C=O) groups is 1. The van der Waals surface area contributed by atoms with E-state index >= 15 is 0 Å². The van der Waals surface area contributed by atoms with Crippen LogP contribution in [0.25, 0.3) is 0 Å². The lowest BCUT2D eigenvalue weighted by molar-refractivity contribution is -0.384. The quantitative estimate of drug-likeness (QED) is 0.622. The Labute approximate surface area is 139 Å². The molecular formula is C17H18N2O5. The summed E-state index contributed by atoms with van der Waals surface area (Å²) in [6.45, 7) is 0. The molecule has 0 radical (unpaired) electrons. The molecule has 0 heterocycles. The van der Waals surface area contributed by atoms with E-state index in [4.69, 9.17) is 9.47 Å². The maximum atomic E-state index is 12.0. The van der Waals surface area contributed by atoms with Crippen molar-refractivity contribution in [2.45, 2.75) is 12.8 Å². The predicted molar refractivity (Wildman–Crippen MR) is 89.6 cm³/mol. The van der Waals surface area contributed by atoms with Crippen LogP contribution in [0.1, 0.15) is 12.0 Å². The number of non-ortho nitro benzene ring substituents is 1. The van der Waals surface area contributed by atoms with E-state index in [0.29, 0.717) is 23.6 Å². The van der Waals surface area contributed by atoms with Gasteiger partial charge >= 0.3 is 0 Å². The first kappa shape index (κ1) is 17.3. The minimum absolute atomic E-state index is 0.0172. The molecule has 0 aliphatic rings. The third-order valence-electron chi connectivity index (χ3n) is 3.41. The fraction of sp³-hybridized carbons (Fsp3) is 0.235. The van der Waals surface area contributed by atoms with E-state index in [2.05, 4.69) is 5.32 Å². The predicted octanol–water partition coefficient (Wildman–Crippen LogP) is 3.18. The van der Waals surface area contributed by atoms with E-state index in [9.17, 15) is 14.9 Å². The van der Waals surface area contributed by atoms with Crippen molar-refractivity contribution in [1.29, 1.82) is 0 Å². The van der Waals surface area contributed by atoms with E-state index in [1.807, 2.05) is 12.1 Å². The summed E-state index contributed by atoms with van der Waals surface area (Å²) in [6.07, 6.45) is 0.791. The Hall–Kier alpha value is -3.09. The Kier molecular flexibility index (Phi) is 5.73. The lowest BCUT2D eigenvalue weighted by atomic mass is 10.1. The van der Waals surface area contributed by atoms with Crippen molar-refractivity contribution < 1.29 is 19.2 Å². The molecule has 7 nitrogen and oxygen atoms in total. The number of rotatable bonds is 7. The first-order valence-electron chi connectivity index (χ1n) is 7.28. The van der Waals surface area contributed by atoms with Crippen molar-refractivity contribution in [1.82, 2.24) is 0 Å². The fourth-order valence-corrected chi connectivity index (χ4v) is 2.16. The molecular weight excluding hydrogens is 312 g/mol. The molecule has 0 fully saturated rings. The standard InChI is InChI=1S/C17H18N2O5/c1-23-15-9-12(10-16(11-15)24-2)3-8-17(20)18-13-4-6-14(7-5-13)19(21)22/h4-7,9-11H,3,8H2,1-2H3,(H,18,20). The molecule has 2 rings (SSSR count). The summed E-state index contributed by atoms with van der Waals surface area (Å²) >= 11 is 0. The Morgan fingerprint density at radius 3 is 2.17 bits per heavy atom. The van der Waals surface area contributed by atoms with Gasteiger partial charge in [0.05, 0.1) is 19.1 Å². The Morgan fingerprint density at radius 2 is 1.67 bits per heavy atom. The van der Waals surface area contributed by atoms with E-state index in [1.165, 1.54) is 24.3 Å². The van der Waals surface area contributed by atoms with E-state index in [1.54, 1.807) is 20.3 Å². The highest BCUT2D eigenvalue weighted by molar-refractivity contribution is 5.90. The van der Waals surface area contributed by atoms with Gasteiger partial charge in [0.2, 0.25) is 5.91 Å². The highest BCUT2D eigenvalue weighted by Crippen LogP contribution is 2.23. The number of amides is 1. The molecule has 0 aliphatic carbocycles. The smallest absolute Gasteiger partial charge is 0.269 e. The third-order valence-corrected chi connectivity index (χ3v) is 3.41. The minimum atomic E-state index is -0.484. The molecule has 2 aromatic rings. The van der Waals surface area contributed by atoms with Crippen LogP contribution in [0.3, 0.4) is 0 Å². The lowest BCUT2D eigenvalue weighted by Crippen LogP contribution is -2.12. The van der Waals surface area contributed by atoms with Gasteiger partial charge in [-0.25, -0.2) is 0 Å². The van der Waals surface area contributed by atoms with Gasteiger partial charge in [-0.15, -0.1) is 0 Å². The molecule has 126 valence electrons. The van der Waals surface area contributed by atoms with Gasteiger partial charge in [-0.1, -0.05) is 0 Å². The van der Waals surface area contributed by atoms with Gasteiger partial charge in [-0.05, 0) is 36.2 Å². The number of hydrogen-bond acceptors (Lipinski definition) is 5. The molecule has 0 saturated heterocycles. The number of ether oxygens (including phenoxy) is 2. The number of nitrogens with zero attached hydrogens (tertiary/aromatic N) is 1. The molecule has 0 saturated carbocycles. The Bertz CT molecular complexity index is 706. The highest BCUT2D eigenvalue weighted by atomic mass is 16.6. The normalized spacial score (nSPS) is 10.1. The van der Waals surface area contributed by atoms with Gasteiger partial charge in [-0.3, -0.25) is 14.9 Å². The molecule has 0 bridgehead atoms.